The van der Waals surface area contributed by atoms with Crippen LogP contribution >= 0.6 is 0 Å². The lowest BCUT2D eigenvalue weighted by Crippen LogP contribution is -2.14. The maximum atomic E-state index is 14.1. The second kappa shape index (κ2) is 8.02. The number of hydrogen-bond donors (Lipinski definition) is 1. The van der Waals surface area contributed by atoms with Crippen molar-refractivity contribution in [3.05, 3.63) is 84.1 Å². The van der Waals surface area contributed by atoms with E-state index >= 15 is 0 Å². The Morgan fingerprint density at radius 3 is 2.69 bits per heavy atom. The topological polar surface area (TPSA) is 80.9 Å². The van der Waals surface area contributed by atoms with Crippen molar-refractivity contribution in [2.45, 2.75) is 13.3 Å². The zero-order valence-electron chi connectivity index (χ0n) is 15.6. The van der Waals surface area contributed by atoms with Gasteiger partial charge < -0.3 is 4.52 Å². The molecule has 2 aromatic carbocycles. The molecular weight excluding hydrogens is 371 g/mol. The fourth-order valence-electron chi connectivity index (χ4n) is 2.94. The number of carbonyl (C=O) groups is 1. The number of aromatic nitrogens is 3. The molecule has 0 unspecified atom stereocenters. The normalized spacial score (nSPS) is 10.7. The van der Waals surface area contributed by atoms with Crippen LogP contribution in [-0.2, 0) is 11.2 Å². The largest absolute Gasteiger partial charge is 0.337 e. The van der Waals surface area contributed by atoms with Crippen molar-refractivity contribution in [2.75, 3.05) is 5.32 Å². The zero-order valence-corrected chi connectivity index (χ0v) is 15.6. The van der Waals surface area contributed by atoms with Crippen LogP contribution in [-0.4, -0.2) is 21.0 Å². The Hall–Kier alpha value is -3.87. The van der Waals surface area contributed by atoms with E-state index in [4.69, 9.17) is 4.52 Å². The number of nitrogens with zero attached hydrogens (tertiary/aromatic N) is 3. The van der Waals surface area contributed by atoms with E-state index in [2.05, 4.69) is 20.4 Å². The van der Waals surface area contributed by atoms with E-state index in [1.54, 1.807) is 31.3 Å². The van der Waals surface area contributed by atoms with Crippen molar-refractivity contribution >= 4 is 11.8 Å². The van der Waals surface area contributed by atoms with Crippen LogP contribution in [0.15, 0.2) is 71.6 Å². The molecule has 0 aliphatic carbocycles. The molecule has 0 saturated carbocycles. The second-order valence-electron chi connectivity index (χ2n) is 6.50. The van der Waals surface area contributed by atoms with Crippen molar-refractivity contribution in [1.29, 1.82) is 0 Å². The van der Waals surface area contributed by atoms with E-state index in [0.29, 0.717) is 28.1 Å². The molecule has 29 heavy (non-hydrogen) atoms. The number of anilines is 1. The molecule has 0 radical (unpaired) electrons. The number of rotatable bonds is 5. The number of nitrogens with one attached hydrogen (secondary N) is 1. The lowest BCUT2D eigenvalue weighted by molar-refractivity contribution is -0.115. The average Bonchev–Trinajstić information content (AvgIpc) is 3.14. The first-order valence-electron chi connectivity index (χ1n) is 8.98. The lowest BCUT2D eigenvalue weighted by atomic mass is 10.0. The van der Waals surface area contributed by atoms with Crippen LogP contribution in [0.25, 0.3) is 22.5 Å². The van der Waals surface area contributed by atoms with Gasteiger partial charge in [-0.15, -0.1) is 0 Å². The maximum Gasteiger partial charge on any atom is 0.241 e. The molecule has 6 nitrogen and oxygen atoms in total. The van der Waals surface area contributed by atoms with E-state index in [9.17, 15) is 9.18 Å². The summed E-state index contributed by atoms with van der Waals surface area (Å²) in [6, 6.07) is 15.8. The van der Waals surface area contributed by atoms with Gasteiger partial charge in [0.05, 0.1) is 17.7 Å². The summed E-state index contributed by atoms with van der Waals surface area (Å²) >= 11 is 0. The number of halogens is 1. The first-order valence-corrected chi connectivity index (χ1v) is 8.98. The molecule has 7 heteroatoms. The van der Waals surface area contributed by atoms with Crippen LogP contribution in [0.5, 0.6) is 0 Å². The third-order valence-corrected chi connectivity index (χ3v) is 4.44. The van der Waals surface area contributed by atoms with Gasteiger partial charge >= 0.3 is 0 Å². The fourth-order valence-corrected chi connectivity index (χ4v) is 2.94. The van der Waals surface area contributed by atoms with Gasteiger partial charge in [0.1, 0.15) is 17.8 Å². The molecule has 144 valence electrons. The number of amides is 1. The average molecular weight is 388 g/mol. The summed E-state index contributed by atoms with van der Waals surface area (Å²) in [5.41, 5.74) is 3.28. The van der Waals surface area contributed by atoms with Gasteiger partial charge in [-0.2, -0.15) is 0 Å². The van der Waals surface area contributed by atoms with E-state index < -0.39 is 0 Å². The third-order valence-electron chi connectivity index (χ3n) is 4.44. The Labute approximate surface area is 166 Å². The molecule has 0 spiro atoms. The van der Waals surface area contributed by atoms with E-state index in [0.717, 1.165) is 5.56 Å². The van der Waals surface area contributed by atoms with Crippen molar-refractivity contribution in [3.63, 3.8) is 0 Å². The van der Waals surface area contributed by atoms with Crippen LogP contribution in [0.4, 0.5) is 10.3 Å². The van der Waals surface area contributed by atoms with Gasteiger partial charge in [-0.3, -0.25) is 10.1 Å². The zero-order chi connectivity index (χ0) is 20.2. The highest BCUT2D eigenvalue weighted by Crippen LogP contribution is 2.37. The van der Waals surface area contributed by atoms with E-state index in [-0.39, 0.29) is 24.0 Å². The first kappa shape index (κ1) is 18.5. The molecule has 0 bridgehead atoms. The summed E-state index contributed by atoms with van der Waals surface area (Å²) in [5, 5.41) is 6.83. The number of benzene rings is 2. The highest BCUT2D eigenvalue weighted by Gasteiger charge is 2.22. The molecule has 1 amide bonds. The van der Waals surface area contributed by atoms with Gasteiger partial charge in [-0.1, -0.05) is 47.6 Å². The Morgan fingerprint density at radius 2 is 1.97 bits per heavy atom. The monoisotopic (exact) mass is 388 g/mol. The highest BCUT2D eigenvalue weighted by molar-refractivity contribution is 5.97. The van der Waals surface area contributed by atoms with Crippen LogP contribution in [0.3, 0.4) is 0 Å². The molecule has 0 atom stereocenters. The molecule has 1 N–H and O–H groups in total. The summed E-state index contributed by atoms with van der Waals surface area (Å²) in [5.74, 6) is -0.460. The van der Waals surface area contributed by atoms with Crippen molar-refractivity contribution < 1.29 is 13.7 Å². The number of aryl methyl sites for hydroxylation is 1. The third kappa shape index (κ3) is 4.03. The molecule has 2 aromatic heterocycles. The van der Waals surface area contributed by atoms with Crippen LogP contribution < -0.4 is 5.32 Å². The highest BCUT2D eigenvalue weighted by atomic mass is 19.1. The van der Waals surface area contributed by atoms with Crippen LogP contribution in [0.1, 0.15) is 11.1 Å². The maximum absolute atomic E-state index is 14.1. The minimum Gasteiger partial charge on any atom is -0.337 e. The minimum absolute atomic E-state index is 0.153. The van der Waals surface area contributed by atoms with Crippen LogP contribution in [0.2, 0.25) is 0 Å². The summed E-state index contributed by atoms with van der Waals surface area (Å²) in [6.45, 7) is 1.68. The summed E-state index contributed by atoms with van der Waals surface area (Å²) in [7, 11) is 0. The molecule has 4 aromatic rings. The fraction of sp³-hybridized carbons (Fsp3) is 0.0909. The first-order chi connectivity index (χ1) is 14.1. The van der Waals surface area contributed by atoms with Crippen molar-refractivity contribution in [2.24, 2.45) is 0 Å². The van der Waals surface area contributed by atoms with Gasteiger partial charge in [0.15, 0.2) is 0 Å². The second-order valence-corrected chi connectivity index (χ2v) is 6.50. The van der Waals surface area contributed by atoms with E-state index in [1.807, 2.05) is 30.3 Å². The lowest BCUT2D eigenvalue weighted by Gasteiger charge is -2.06. The SMILES string of the molecule is Cc1ccc(-c2noc(NC(=O)Cc3ccccc3)c2-c2ccncn2)cc1F. The molecular formula is C22H17FN4O2. The van der Waals surface area contributed by atoms with Crippen molar-refractivity contribution in [3.8, 4) is 22.5 Å². The number of hydrogen-bond acceptors (Lipinski definition) is 5. The standard InChI is InChI=1S/C22H17FN4O2/c1-14-7-8-16(12-17(14)23)21-20(18-9-10-24-13-25-18)22(29-27-21)26-19(28)11-15-5-3-2-4-6-15/h2-10,12-13H,11H2,1H3,(H,26,28). The molecule has 0 fully saturated rings. The summed E-state index contributed by atoms with van der Waals surface area (Å²) in [6.07, 6.45) is 3.14. The number of carbonyl (C=O) groups excluding carboxylic acids is 1. The smallest absolute Gasteiger partial charge is 0.241 e. The summed E-state index contributed by atoms with van der Waals surface area (Å²) in [4.78, 5) is 20.7. The predicted molar refractivity (Wildman–Crippen MR) is 106 cm³/mol. The van der Waals surface area contributed by atoms with Crippen molar-refractivity contribution in [1.82, 2.24) is 15.1 Å². The Morgan fingerprint density at radius 1 is 1.14 bits per heavy atom. The van der Waals surface area contributed by atoms with Gasteiger partial charge in [0.2, 0.25) is 11.8 Å². The molecule has 2 heterocycles. The Bertz CT molecular complexity index is 1140. The molecule has 0 aliphatic rings. The summed E-state index contributed by atoms with van der Waals surface area (Å²) < 4.78 is 19.5. The van der Waals surface area contributed by atoms with E-state index in [1.165, 1.54) is 12.4 Å². The van der Waals surface area contributed by atoms with Gasteiger partial charge in [0, 0.05) is 11.8 Å². The van der Waals surface area contributed by atoms with Gasteiger partial charge in [-0.05, 0) is 30.2 Å². The Balaban J connectivity index is 1.71. The minimum atomic E-state index is -0.353. The quantitative estimate of drug-likeness (QED) is 0.547. The predicted octanol–water partition coefficient (Wildman–Crippen LogP) is 4.43. The molecule has 0 saturated heterocycles. The molecule has 4 rings (SSSR count). The molecule has 0 aliphatic heterocycles. The van der Waals surface area contributed by atoms with Gasteiger partial charge in [-0.25, -0.2) is 14.4 Å². The Kier molecular flexibility index (Phi) is 5.11. The van der Waals surface area contributed by atoms with Gasteiger partial charge in [0.25, 0.3) is 0 Å². The van der Waals surface area contributed by atoms with Crippen LogP contribution in [0, 0.1) is 12.7 Å².